The van der Waals surface area contributed by atoms with E-state index in [1.165, 1.54) is 23.5 Å². The molecule has 0 spiro atoms. The zero-order chi connectivity index (χ0) is 13.1. The molecule has 1 unspecified atom stereocenters. The van der Waals surface area contributed by atoms with E-state index in [9.17, 15) is 4.57 Å². The molecule has 5 nitrogen and oxygen atoms in total. The molecular formula is C9H19N2O3PS2. The summed E-state index contributed by atoms with van der Waals surface area (Å²) in [5.41, 5.74) is 0. The Morgan fingerprint density at radius 3 is 2.12 bits per heavy atom. The van der Waals surface area contributed by atoms with Crippen molar-refractivity contribution < 1.29 is 13.6 Å². The smallest absolute Gasteiger partial charge is 0.303 e. The van der Waals surface area contributed by atoms with Gasteiger partial charge in [-0.15, -0.1) is 11.8 Å². The predicted molar refractivity (Wildman–Crippen MR) is 73.6 cm³/mol. The van der Waals surface area contributed by atoms with Crippen molar-refractivity contribution in [3.05, 3.63) is 0 Å². The summed E-state index contributed by atoms with van der Waals surface area (Å²) in [6.07, 6.45) is 1.48. The third-order valence-corrected chi connectivity index (χ3v) is 8.44. The van der Waals surface area contributed by atoms with Gasteiger partial charge < -0.3 is 9.05 Å². The van der Waals surface area contributed by atoms with Crippen LogP contribution in [0.25, 0.3) is 0 Å². The first-order valence-electron chi connectivity index (χ1n) is 5.40. The Kier molecular flexibility index (Phi) is 5.53. The summed E-state index contributed by atoms with van der Waals surface area (Å²) >= 11 is 2.76. The number of hydrogen-bond donors (Lipinski definition) is 0. The molecule has 17 heavy (non-hydrogen) atoms. The van der Waals surface area contributed by atoms with Gasteiger partial charge in [-0.3, -0.25) is 4.57 Å². The van der Waals surface area contributed by atoms with E-state index in [2.05, 4.69) is 10.2 Å². The minimum absolute atomic E-state index is 0.181. The van der Waals surface area contributed by atoms with Crippen molar-refractivity contribution in [2.24, 2.45) is 10.2 Å². The third kappa shape index (κ3) is 3.47. The van der Waals surface area contributed by atoms with Crippen molar-refractivity contribution in [1.29, 1.82) is 0 Å². The van der Waals surface area contributed by atoms with Crippen molar-refractivity contribution in [2.75, 3.05) is 12.1 Å². The molecule has 0 N–H and O–H groups in total. The van der Waals surface area contributed by atoms with Crippen molar-refractivity contribution in [1.82, 2.24) is 0 Å². The predicted octanol–water partition coefficient (Wildman–Crippen LogP) is 4.16. The quantitative estimate of drug-likeness (QED) is 0.689. The van der Waals surface area contributed by atoms with Gasteiger partial charge in [-0.2, -0.15) is 10.2 Å². The highest BCUT2D eigenvalue weighted by Crippen LogP contribution is 2.72. The Morgan fingerprint density at radius 2 is 1.82 bits per heavy atom. The van der Waals surface area contributed by atoms with E-state index in [-0.39, 0.29) is 12.2 Å². The Morgan fingerprint density at radius 1 is 1.29 bits per heavy atom. The van der Waals surface area contributed by atoms with Gasteiger partial charge in [0.1, 0.15) is 5.88 Å². The van der Waals surface area contributed by atoms with Gasteiger partial charge in [-0.1, -0.05) is 11.8 Å². The first kappa shape index (κ1) is 15.5. The van der Waals surface area contributed by atoms with Crippen LogP contribution in [0, 0.1) is 0 Å². The second-order valence-electron chi connectivity index (χ2n) is 4.07. The van der Waals surface area contributed by atoms with Gasteiger partial charge in [0.2, 0.25) is 0 Å². The average Bonchev–Trinajstić information content (AvgIpc) is 2.64. The lowest BCUT2D eigenvalue weighted by Gasteiger charge is -2.32. The third-order valence-electron chi connectivity index (χ3n) is 1.82. The molecule has 1 aliphatic heterocycles. The van der Waals surface area contributed by atoms with Crippen molar-refractivity contribution in [3.8, 4) is 0 Å². The average molecular weight is 298 g/mol. The lowest BCUT2D eigenvalue weighted by Crippen LogP contribution is -2.22. The molecule has 0 fully saturated rings. The molecular weight excluding hydrogens is 279 g/mol. The number of nitrogens with zero attached hydrogens (tertiary/aromatic N) is 2. The SMILES string of the molecule is CSC1(P(=O)(OC(C)C)OC(C)C)N=NCS1. The van der Waals surface area contributed by atoms with Crippen LogP contribution in [0.3, 0.4) is 0 Å². The van der Waals surface area contributed by atoms with Crippen LogP contribution >= 0.6 is 31.1 Å². The highest BCUT2D eigenvalue weighted by atomic mass is 32.2. The molecule has 0 saturated carbocycles. The van der Waals surface area contributed by atoms with Gasteiger partial charge in [-0.05, 0) is 34.0 Å². The van der Waals surface area contributed by atoms with E-state index in [0.717, 1.165) is 0 Å². The molecule has 0 saturated heterocycles. The number of thioether (sulfide) groups is 2. The van der Waals surface area contributed by atoms with Crippen molar-refractivity contribution in [3.63, 3.8) is 0 Å². The fourth-order valence-electron chi connectivity index (χ4n) is 1.32. The molecule has 0 radical (unpaired) electrons. The van der Waals surface area contributed by atoms with Gasteiger partial charge >= 0.3 is 7.60 Å². The normalized spacial score (nSPS) is 25.1. The molecule has 0 aliphatic carbocycles. The molecule has 100 valence electrons. The summed E-state index contributed by atoms with van der Waals surface area (Å²) < 4.78 is 23.1. The highest BCUT2D eigenvalue weighted by Gasteiger charge is 2.55. The Bertz CT molecular complexity index is 324. The van der Waals surface area contributed by atoms with Crippen LogP contribution in [0.15, 0.2) is 10.2 Å². The van der Waals surface area contributed by atoms with Crippen LogP contribution in [0.5, 0.6) is 0 Å². The van der Waals surface area contributed by atoms with Gasteiger partial charge in [0.05, 0.1) is 12.2 Å². The monoisotopic (exact) mass is 298 g/mol. The summed E-state index contributed by atoms with van der Waals surface area (Å²) in [5.74, 6) is 0.494. The topological polar surface area (TPSA) is 60.2 Å². The summed E-state index contributed by atoms with van der Waals surface area (Å²) in [6.45, 7) is 7.34. The fourth-order valence-corrected chi connectivity index (χ4v) is 6.30. The summed E-state index contributed by atoms with van der Waals surface area (Å²) in [4.78, 5) is 0. The fraction of sp³-hybridized carbons (Fsp3) is 1.00. The molecule has 0 aromatic rings. The summed E-state index contributed by atoms with van der Waals surface area (Å²) in [7, 11) is -3.34. The van der Waals surface area contributed by atoms with Crippen LogP contribution in [0.2, 0.25) is 0 Å². The van der Waals surface area contributed by atoms with Crippen LogP contribution in [-0.2, 0) is 13.6 Å². The van der Waals surface area contributed by atoms with Gasteiger partial charge in [0.25, 0.3) is 3.94 Å². The molecule has 1 rings (SSSR count). The maximum atomic E-state index is 12.9. The molecule has 1 atom stereocenters. The van der Waals surface area contributed by atoms with Gasteiger partial charge in [0, 0.05) is 0 Å². The lowest BCUT2D eigenvalue weighted by atomic mass is 10.5. The van der Waals surface area contributed by atoms with Crippen LogP contribution in [0.4, 0.5) is 0 Å². The first-order chi connectivity index (χ1) is 7.85. The van der Waals surface area contributed by atoms with Gasteiger partial charge in [0.15, 0.2) is 0 Å². The van der Waals surface area contributed by atoms with Crippen molar-refractivity contribution in [2.45, 2.75) is 43.8 Å². The zero-order valence-electron chi connectivity index (χ0n) is 10.7. The molecule has 0 amide bonds. The zero-order valence-corrected chi connectivity index (χ0v) is 13.3. The Balaban J connectivity index is 3.03. The lowest BCUT2D eigenvalue weighted by molar-refractivity contribution is 0.139. The number of azo groups is 1. The van der Waals surface area contributed by atoms with Crippen molar-refractivity contribution >= 4 is 31.1 Å². The largest absolute Gasteiger partial charge is 0.381 e. The van der Waals surface area contributed by atoms with Crippen LogP contribution in [0.1, 0.15) is 27.7 Å². The van der Waals surface area contributed by atoms with Crippen LogP contribution in [-0.4, -0.2) is 28.3 Å². The van der Waals surface area contributed by atoms with E-state index in [0.29, 0.717) is 5.88 Å². The van der Waals surface area contributed by atoms with E-state index in [4.69, 9.17) is 9.05 Å². The Labute approximate surface area is 111 Å². The molecule has 0 aromatic carbocycles. The van der Waals surface area contributed by atoms with E-state index < -0.39 is 11.5 Å². The second-order valence-corrected chi connectivity index (χ2v) is 9.14. The second kappa shape index (κ2) is 6.06. The summed E-state index contributed by atoms with van der Waals surface area (Å²) in [6, 6.07) is 0. The van der Waals surface area contributed by atoms with E-state index in [1.54, 1.807) is 0 Å². The molecule has 0 bridgehead atoms. The standard InChI is InChI=1S/C9H19N2O3PS2/c1-7(2)13-15(12,14-8(3)4)9(16-5)11-10-6-17-9/h7-8H,6H2,1-5H3. The maximum Gasteiger partial charge on any atom is 0.381 e. The summed E-state index contributed by atoms with van der Waals surface area (Å²) in [5, 5.41) is 8.03. The molecule has 1 heterocycles. The minimum atomic E-state index is -3.34. The number of hydrogen-bond acceptors (Lipinski definition) is 7. The highest BCUT2D eigenvalue weighted by molar-refractivity contribution is 8.25. The minimum Gasteiger partial charge on any atom is -0.303 e. The van der Waals surface area contributed by atoms with E-state index >= 15 is 0 Å². The Hall–Kier alpha value is 0.450. The van der Waals surface area contributed by atoms with E-state index in [1.807, 2.05) is 34.0 Å². The molecule has 0 aromatic heterocycles. The molecule has 1 aliphatic rings. The first-order valence-corrected chi connectivity index (χ1v) is 9.15. The van der Waals surface area contributed by atoms with Crippen LogP contribution < -0.4 is 0 Å². The number of rotatable bonds is 6. The molecule has 8 heteroatoms. The van der Waals surface area contributed by atoms with Gasteiger partial charge in [-0.25, -0.2) is 0 Å². The maximum absolute atomic E-state index is 12.9.